The van der Waals surface area contributed by atoms with Gasteiger partial charge in [-0.2, -0.15) is 0 Å². The zero-order valence-corrected chi connectivity index (χ0v) is 29.4. The first-order chi connectivity index (χ1) is 24.3. The predicted molar refractivity (Wildman–Crippen MR) is 184 cm³/mol. The van der Waals surface area contributed by atoms with Crippen molar-refractivity contribution in [2.45, 2.75) is 82.7 Å². The van der Waals surface area contributed by atoms with Gasteiger partial charge in [-0.25, -0.2) is 4.79 Å². The number of fused-ring (bicyclic) bond motifs is 2. The molecule has 0 unspecified atom stereocenters. The van der Waals surface area contributed by atoms with Crippen LogP contribution in [-0.4, -0.2) is 131 Å². The number of carbonyl (C=O) groups is 7. The standard InChI is InChI=1S/C36H48N6O9/c1-22-18-29-36(50)51-21-27(39-32(46)26(19-25-12-7-5-8-13-25)38-30(44)15-9-6-10-17-43)34(48)41-16-11-14-28(41)35(49)40(4)24(3)31(45)37-23(2)33(47)42(29)20-22/h5-10,12-13,15,22-24,26-29,43H,11,14,16-21H2,1-4H3,(H,37,45)(H,38,44)(H,39,46)/b10-6+,15-9+/t22-,23+,24+,26+,27+,28+,29+/m1/s1. The minimum absolute atomic E-state index is 0.0582. The smallest absolute Gasteiger partial charge is 0.328 e. The fourth-order valence-corrected chi connectivity index (χ4v) is 6.52. The Morgan fingerprint density at radius 2 is 1.73 bits per heavy atom. The molecule has 276 valence electrons. The van der Waals surface area contributed by atoms with E-state index < -0.39 is 84.3 Å². The first kappa shape index (κ1) is 38.7. The molecule has 3 saturated heterocycles. The van der Waals surface area contributed by atoms with Gasteiger partial charge in [-0.3, -0.25) is 28.8 Å². The molecule has 15 nitrogen and oxygen atoms in total. The summed E-state index contributed by atoms with van der Waals surface area (Å²) in [6, 6.07) is 2.39. The summed E-state index contributed by atoms with van der Waals surface area (Å²) in [7, 11) is 1.45. The van der Waals surface area contributed by atoms with E-state index in [2.05, 4.69) is 16.0 Å². The van der Waals surface area contributed by atoms with Crippen LogP contribution in [0.4, 0.5) is 0 Å². The Morgan fingerprint density at radius 3 is 2.43 bits per heavy atom. The zero-order valence-electron chi connectivity index (χ0n) is 29.4. The summed E-state index contributed by atoms with van der Waals surface area (Å²) in [5, 5.41) is 16.9. The Bertz CT molecular complexity index is 1530. The lowest BCUT2D eigenvalue weighted by Gasteiger charge is -2.34. The molecule has 0 bridgehead atoms. The Kier molecular flexibility index (Phi) is 13.5. The number of cyclic esters (lactones) is 1. The van der Waals surface area contributed by atoms with Crippen molar-refractivity contribution in [3.63, 3.8) is 0 Å². The highest BCUT2D eigenvalue weighted by atomic mass is 16.5. The SMILES string of the molecule is C[C@@H]1C[C@H]2C(=O)OC[C@H](NC(=O)[C@H](Cc3ccccc3)NC(=O)/C=C/C=C/CO)C(=O)N3CCC[C@H]3C(=O)N(C)[C@@H](C)C(=O)N[C@@H](C)C(=O)N2C1. The molecule has 3 aliphatic heterocycles. The fraction of sp³-hybridized carbons (Fsp3) is 0.528. The van der Waals surface area contributed by atoms with E-state index in [1.807, 2.05) is 6.92 Å². The van der Waals surface area contributed by atoms with E-state index in [0.29, 0.717) is 19.3 Å². The second-order valence-corrected chi connectivity index (χ2v) is 13.3. The Hall–Kier alpha value is -5.05. The van der Waals surface area contributed by atoms with E-state index in [0.717, 1.165) is 5.56 Å². The average molecular weight is 709 g/mol. The first-order valence-electron chi connectivity index (χ1n) is 17.3. The van der Waals surface area contributed by atoms with Gasteiger partial charge in [0.15, 0.2) is 0 Å². The molecule has 4 rings (SSSR count). The number of rotatable bonds is 8. The van der Waals surface area contributed by atoms with Crippen LogP contribution < -0.4 is 16.0 Å². The second kappa shape index (κ2) is 17.7. The van der Waals surface area contributed by atoms with E-state index in [4.69, 9.17) is 9.84 Å². The molecule has 0 radical (unpaired) electrons. The van der Waals surface area contributed by atoms with Crippen LogP contribution in [0.3, 0.4) is 0 Å². The number of nitrogens with zero attached hydrogens (tertiary/aromatic N) is 3. The number of amides is 6. The summed E-state index contributed by atoms with van der Waals surface area (Å²) < 4.78 is 5.66. The molecule has 51 heavy (non-hydrogen) atoms. The number of benzene rings is 1. The molecular formula is C36H48N6O9. The number of esters is 1. The van der Waals surface area contributed by atoms with Gasteiger partial charge < -0.3 is 40.5 Å². The number of aliphatic hydroxyl groups excluding tert-OH is 1. The van der Waals surface area contributed by atoms with Gasteiger partial charge in [-0.05, 0) is 44.6 Å². The van der Waals surface area contributed by atoms with Gasteiger partial charge in [0.05, 0.1) is 6.61 Å². The first-order valence-corrected chi connectivity index (χ1v) is 17.3. The van der Waals surface area contributed by atoms with Gasteiger partial charge in [-0.15, -0.1) is 0 Å². The van der Waals surface area contributed by atoms with Gasteiger partial charge in [0.2, 0.25) is 35.4 Å². The number of allylic oxidation sites excluding steroid dienone is 2. The summed E-state index contributed by atoms with van der Waals surface area (Å²) in [6.45, 7) is 4.53. The van der Waals surface area contributed by atoms with Crippen LogP contribution in [-0.2, 0) is 44.7 Å². The van der Waals surface area contributed by atoms with E-state index in [1.54, 1.807) is 30.3 Å². The molecule has 0 aliphatic carbocycles. The van der Waals surface area contributed by atoms with E-state index >= 15 is 0 Å². The number of hydrogen-bond acceptors (Lipinski definition) is 9. The minimum Gasteiger partial charge on any atom is -0.461 e. The van der Waals surface area contributed by atoms with Gasteiger partial charge in [-0.1, -0.05) is 55.5 Å². The molecule has 1 aromatic rings. The van der Waals surface area contributed by atoms with Crippen LogP contribution in [0.15, 0.2) is 54.6 Å². The molecule has 3 aliphatic rings. The van der Waals surface area contributed by atoms with Crippen molar-refractivity contribution in [3.05, 3.63) is 60.2 Å². The molecule has 0 spiro atoms. The number of aliphatic hydroxyl groups is 1. The van der Waals surface area contributed by atoms with Crippen molar-refractivity contribution < 1.29 is 43.4 Å². The molecule has 7 atom stereocenters. The largest absolute Gasteiger partial charge is 0.461 e. The van der Waals surface area contributed by atoms with E-state index in [9.17, 15) is 33.6 Å². The van der Waals surface area contributed by atoms with Crippen molar-refractivity contribution in [1.29, 1.82) is 0 Å². The van der Waals surface area contributed by atoms with Crippen molar-refractivity contribution in [2.24, 2.45) is 5.92 Å². The second-order valence-electron chi connectivity index (χ2n) is 13.3. The summed E-state index contributed by atoms with van der Waals surface area (Å²) >= 11 is 0. The molecule has 3 fully saturated rings. The maximum Gasteiger partial charge on any atom is 0.328 e. The van der Waals surface area contributed by atoms with Gasteiger partial charge >= 0.3 is 5.97 Å². The highest BCUT2D eigenvalue weighted by molar-refractivity contribution is 5.98. The summed E-state index contributed by atoms with van der Waals surface area (Å²) in [5.41, 5.74) is 0.721. The third-order valence-corrected chi connectivity index (χ3v) is 9.45. The maximum absolute atomic E-state index is 14.2. The van der Waals surface area contributed by atoms with Crippen LogP contribution in [0, 0.1) is 5.92 Å². The van der Waals surface area contributed by atoms with Crippen molar-refractivity contribution in [2.75, 3.05) is 33.4 Å². The molecule has 3 heterocycles. The molecule has 15 heteroatoms. The van der Waals surface area contributed by atoms with Crippen molar-refractivity contribution >= 4 is 41.4 Å². The third-order valence-electron chi connectivity index (χ3n) is 9.45. The summed E-state index contributed by atoms with van der Waals surface area (Å²) in [4.78, 5) is 98.8. The van der Waals surface area contributed by atoms with Crippen LogP contribution >= 0.6 is 0 Å². The Balaban J connectivity index is 1.66. The lowest BCUT2D eigenvalue weighted by Crippen LogP contribution is -2.60. The normalized spacial score (nSPS) is 27.3. The van der Waals surface area contributed by atoms with Crippen molar-refractivity contribution in [3.8, 4) is 0 Å². The monoisotopic (exact) mass is 708 g/mol. The molecule has 1 aromatic carbocycles. The molecular weight excluding hydrogens is 660 g/mol. The highest BCUT2D eigenvalue weighted by Crippen LogP contribution is 2.26. The fourth-order valence-electron chi connectivity index (χ4n) is 6.52. The van der Waals surface area contributed by atoms with Crippen LogP contribution in [0.5, 0.6) is 0 Å². The summed E-state index contributed by atoms with van der Waals surface area (Å²) in [6.07, 6.45) is 6.61. The number of likely N-dealkylation sites (N-methyl/N-ethyl adjacent to an activating group) is 1. The molecule has 0 saturated carbocycles. The number of carbonyl (C=O) groups excluding carboxylic acids is 7. The quantitative estimate of drug-likeness (QED) is 0.156. The molecule has 6 amide bonds. The van der Waals surface area contributed by atoms with Gasteiger partial charge in [0.25, 0.3) is 0 Å². The lowest BCUT2D eigenvalue weighted by molar-refractivity contribution is -0.158. The van der Waals surface area contributed by atoms with E-state index in [-0.39, 0.29) is 32.0 Å². The van der Waals surface area contributed by atoms with E-state index in [1.165, 1.54) is 59.9 Å². The third kappa shape index (κ3) is 9.81. The van der Waals surface area contributed by atoms with Crippen LogP contribution in [0.1, 0.15) is 45.6 Å². The number of ether oxygens (including phenoxy) is 1. The number of nitrogens with one attached hydrogen (secondary N) is 3. The van der Waals surface area contributed by atoms with Crippen LogP contribution in [0.2, 0.25) is 0 Å². The zero-order chi connectivity index (χ0) is 37.2. The van der Waals surface area contributed by atoms with Crippen molar-refractivity contribution in [1.82, 2.24) is 30.7 Å². The lowest BCUT2D eigenvalue weighted by atomic mass is 10.0. The average Bonchev–Trinajstić information content (AvgIpc) is 3.77. The molecule has 0 aromatic heterocycles. The predicted octanol–water partition coefficient (Wildman–Crippen LogP) is -0.560. The summed E-state index contributed by atoms with van der Waals surface area (Å²) in [5.74, 6) is -4.42. The maximum atomic E-state index is 14.2. The van der Waals surface area contributed by atoms with Gasteiger partial charge in [0, 0.05) is 32.6 Å². The highest BCUT2D eigenvalue weighted by Gasteiger charge is 2.44. The van der Waals surface area contributed by atoms with Gasteiger partial charge in [0.1, 0.15) is 42.9 Å². The minimum atomic E-state index is -1.45. The number of hydrogen-bond donors (Lipinski definition) is 4. The molecule has 4 N–H and O–H groups in total. The topological polar surface area (TPSA) is 195 Å². The Labute approximate surface area is 297 Å². The Morgan fingerprint density at radius 1 is 1.00 bits per heavy atom. The van der Waals surface area contributed by atoms with Crippen LogP contribution in [0.25, 0.3) is 0 Å².